The first-order valence-corrected chi connectivity index (χ1v) is 5.00. The fourth-order valence-corrected chi connectivity index (χ4v) is 1.61. The Morgan fingerprint density at radius 1 is 1.28 bits per heavy atom. The summed E-state index contributed by atoms with van der Waals surface area (Å²) in [6.07, 6.45) is 7.57. The summed E-state index contributed by atoms with van der Waals surface area (Å²) in [5.41, 5.74) is 0.483. The van der Waals surface area contributed by atoms with Crippen LogP contribution in [0.1, 0.15) is 0 Å². The van der Waals surface area contributed by atoms with E-state index >= 15 is 0 Å². The van der Waals surface area contributed by atoms with Gasteiger partial charge >= 0.3 is 0 Å². The Labute approximate surface area is 99.3 Å². The molecule has 0 spiro atoms. The van der Waals surface area contributed by atoms with Crippen molar-refractivity contribution < 1.29 is 0 Å². The number of fused-ring (bicyclic) bond motifs is 1. The predicted octanol–water partition coefficient (Wildman–Crippen LogP) is 0.877. The Balaban J connectivity index is 2.23. The van der Waals surface area contributed by atoms with Gasteiger partial charge in [-0.1, -0.05) is 0 Å². The molecular formula is C10H6N6O2. The molecule has 0 saturated heterocycles. The van der Waals surface area contributed by atoms with Crippen molar-refractivity contribution in [2.24, 2.45) is 5.18 Å². The summed E-state index contributed by atoms with van der Waals surface area (Å²) in [6.45, 7) is 0. The molecule has 0 radical (unpaired) electrons. The summed E-state index contributed by atoms with van der Waals surface area (Å²) in [6, 6.07) is 0. The van der Waals surface area contributed by atoms with Crippen LogP contribution in [-0.2, 0) is 0 Å². The Morgan fingerprint density at radius 2 is 2.17 bits per heavy atom. The Bertz CT molecular complexity index is 790. The maximum Gasteiger partial charge on any atom is 0.280 e. The second kappa shape index (κ2) is 3.84. The van der Waals surface area contributed by atoms with Gasteiger partial charge in [-0.3, -0.25) is 9.78 Å². The smallest absolute Gasteiger partial charge is 0.280 e. The monoisotopic (exact) mass is 242 g/mol. The molecule has 0 amide bonds. The largest absolute Gasteiger partial charge is 0.304 e. The van der Waals surface area contributed by atoms with Crippen LogP contribution in [-0.4, -0.2) is 24.6 Å². The second-order valence-electron chi connectivity index (χ2n) is 3.50. The Hall–Kier alpha value is -2.90. The number of hydrogen-bond donors (Lipinski definition) is 1. The average molecular weight is 242 g/mol. The number of aromatic amines is 1. The lowest BCUT2D eigenvalue weighted by Gasteiger charge is -1.97. The van der Waals surface area contributed by atoms with E-state index in [9.17, 15) is 9.70 Å². The number of nitrogens with zero attached hydrogens (tertiary/aromatic N) is 5. The molecule has 0 aliphatic carbocycles. The molecule has 0 unspecified atom stereocenters. The van der Waals surface area contributed by atoms with Gasteiger partial charge in [-0.15, -0.1) is 4.91 Å². The van der Waals surface area contributed by atoms with Gasteiger partial charge in [0.05, 0.1) is 29.7 Å². The van der Waals surface area contributed by atoms with E-state index in [1.54, 1.807) is 29.3 Å². The van der Waals surface area contributed by atoms with E-state index in [2.05, 4.69) is 25.2 Å². The zero-order valence-electron chi connectivity index (χ0n) is 8.94. The minimum absolute atomic E-state index is 0.256. The number of H-pyrrole nitrogens is 1. The highest BCUT2D eigenvalue weighted by atomic mass is 16.3. The molecule has 8 nitrogen and oxygen atoms in total. The molecular weight excluding hydrogens is 236 g/mol. The molecule has 3 aromatic rings. The molecule has 88 valence electrons. The maximum atomic E-state index is 11.5. The molecule has 3 aromatic heterocycles. The molecule has 0 fully saturated rings. The first-order chi connectivity index (χ1) is 8.79. The zero-order valence-corrected chi connectivity index (χ0v) is 8.94. The fraction of sp³-hybridized carbons (Fsp3) is 0. The number of rotatable bonds is 2. The van der Waals surface area contributed by atoms with E-state index in [-0.39, 0.29) is 5.69 Å². The van der Waals surface area contributed by atoms with Crippen LogP contribution in [0.3, 0.4) is 0 Å². The van der Waals surface area contributed by atoms with Gasteiger partial charge in [0.25, 0.3) is 5.56 Å². The van der Waals surface area contributed by atoms with Crippen molar-refractivity contribution in [1.29, 1.82) is 0 Å². The van der Waals surface area contributed by atoms with Gasteiger partial charge in [-0.25, -0.2) is 9.50 Å². The van der Waals surface area contributed by atoms with Gasteiger partial charge in [0.1, 0.15) is 5.82 Å². The van der Waals surface area contributed by atoms with Crippen LogP contribution in [0.25, 0.3) is 16.9 Å². The molecule has 3 heterocycles. The van der Waals surface area contributed by atoms with Crippen LogP contribution in [0, 0.1) is 4.91 Å². The van der Waals surface area contributed by atoms with Gasteiger partial charge in [-0.2, -0.15) is 5.10 Å². The minimum atomic E-state index is -0.585. The van der Waals surface area contributed by atoms with Crippen molar-refractivity contribution in [2.45, 2.75) is 0 Å². The second-order valence-corrected chi connectivity index (χ2v) is 3.50. The molecule has 0 bridgehead atoms. The lowest BCUT2D eigenvalue weighted by Crippen LogP contribution is -2.07. The zero-order chi connectivity index (χ0) is 12.5. The SMILES string of the molecule is O=Nc1cnc(-c2cnn3ccncc23)[nH]c1=O. The van der Waals surface area contributed by atoms with Gasteiger partial charge < -0.3 is 4.98 Å². The third-order valence-electron chi connectivity index (χ3n) is 2.46. The van der Waals surface area contributed by atoms with Gasteiger partial charge in [0, 0.05) is 12.4 Å². The highest BCUT2D eigenvalue weighted by Crippen LogP contribution is 2.19. The lowest BCUT2D eigenvalue weighted by atomic mass is 10.3. The van der Waals surface area contributed by atoms with Crippen molar-refractivity contribution in [3.8, 4) is 11.4 Å². The fourth-order valence-electron chi connectivity index (χ4n) is 1.61. The van der Waals surface area contributed by atoms with E-state index in [4.69, 9.17) is 0 Å². The van der Waals surface area contributed by atoms with Crippen LogP contribution >= 0.6 is 0 Å². The summed E-state index contributed by atoms with van der Waals surface area (Å²) < 4.78 is 1.61. The van der Waals surface area contributed by atoms with Crippen LogP contribution in [0.4, 0.5) is 5.69 Å². The van der Waals surface area contributed by atoms with Crippen molar-refractivity contribution in [3.63, 3.8) is 0 Å². The Morgan fingerprint density at radius 3 is 2.94 bits per heavy atom. The Kier molecular flexibility index (Phi) is 2.19. The van der Waals surface area contributed by atoms with Crippen LogP contribution in [0.2, 0.25) is 0 Å². The van der Waals surface area contributed by atoms with Crippen molar-refractivity contribution in [2.75, 3.05) is 0 Å². The van der Waals surface area contributed by atoms with E-state index in [1.807, 2.05) is 0 Å². The normalized spacial score (nSPS) is 10.7. The number of aromatic nitrogens is 5. The molecule has 3 rings (SSSR count). The van der Waals surface area contributed by atoms with E-state index in [0.29, 0.717) is 16.9 Å². The molecule has 0 aliphatic rings. The predicted molar refractivity (Wildman–Crippen MR) is 62.3 cm³/mol. The van der Waals surface area contributed by atoms with E-state index in [1.165, 1.54) is 0 Å². The van der Waals surface area contributed by atoms with Crippen LogP contribution in [0.15, 0.2) is 41.0 Å². The van der Waals surface area contributed by atoms with E-state index < -0.39 is 5.56 Å². The molecule has 0 saturated carbocycles. The van der Waals surface area contributed by atoms with Crippen molar-refractivity contribution in [3.05, 3.63) is 46.2 Å². The quantitative estimate of drug-likeness (QED) is 0.671. The average Bonchev–Trinajstić information content (AvgIpc) is 2.82. The summed E-state index contributed by atoms with van der Waals surface area (Å²) in [7, 11) is 0. The molecule has 0 atom stereocenters. The standard InChI is InChI=1S/C10H6N6O2/c17-10-7(15-18)4-12-9(14-10)6-3-13-16-2-1-11-5-8(6)16/h1-5H,(H,12,14,17). The maximum absolute atomic E-state index is 11.5. The van der Waals surface area contributed by atoms with Gasteiger partial charge in [0.2, 0.25) is 0 Å². The summed E-state index contributed by atoms with van der Waals surface area (Å²) in [5.74, 6) is 0.315. The number of nitrogens with one attached hydrogen (secondary N) is 1. The molecule has 1 N–H and O–H groups in total. The molecule has 0 aromatic carbocycles. The number of hydrogen-bond acceptors (Lipinski definition) is 6. The lowest BCUT2D eigenvalue weighted by molar-refractivity contribution is 0.946. The first kappa shape index (κ1) is 10.3. The van der Waals surface area contributed by atoms with Crippen molar-refractivity contribution >= 4 is 11.2 Å². The molecule has 8 heteroatoms. The van der Waals surface area contributed by atoms with E-state index in [0.717, 1.165) is 6.20 Å². The summed E-state index contributed by atoms with van der Waals surface area (Å²) in [4.78, 5) is 32.2. The highest BCUT2D eigenvalue weighted by molar-refractivity contribution is 5.74. The molecule has 18 heavy (non-hydrogen) atoms. The van der Waals surface area contributed by atoms with Crippen molar-refractivity contribution in [1.82, 2.24) is 24.6 Å². The van der Waals surface area contributed by atoms with Gasteiger partial charge in [-0.05, 0) is 5.18 Å². The highest BCUT2D eigenvalue weighted by Gasteiger charge is 2.10. The number of nitroso groups, excluding NO2 is 1. The topological polar surface area (TPSA) is 105 Å². The first-order valence-electron chi connectivity index (χ1n) is 5.00. The summed E-state index contributed by atoms with van der Waals surface area (Å²) in [5, 5.41) is 6.66. The van der Waals surface area contributed by atoms with Gasteiger partial charge in [0.15, 0.2) is 5.69 Å². The molecule has 0 aliphatic heterocycles. The third kappa shape index (κ3) is 1.47. The third-order valence-corrected chi connectivity index (χ3v) is 2.46. The van der Waals surface area contributed by atoms with Crippen LogP contribution < -0.4 is 5.56 Å². The van der Waals surface area contributed by atoms with Crippen LogP contribution in [0.5, 0.6) is 0 Å². The summed E-state index contributed by atoms with van der Waals surface area (Å²) >= 11 is 0. The minimum Gasteiger partial charge on any atom is -0.304 e.